The van der Waals surface area contributed by atoms with Crippen molar-refractivity contribution in [3.63, 3.8) is 0 Å². The Balaban J connectivity index is -0.000000180. The molecule has 0 N–H and O–H groups in total. The van der Waals surface area contributed by atoms with Crippen molar-refractivity contribution in [1.82, 2.24) is 0 Å². The summed E-state index contributed by atoms with van der Waals surface area (Å²) in [4.78, 5) is 0. The van der Waals surface area contributed by atoms with Crippen molar-refractivity contribution in [2.75, 3.05) is 0 Å². The van der Waals surface area contributed by atoms with E-state index in [2.05, 4.69) is 58.0 Å². The van der Waals surface area contributed by atoms with Crippen LogP contribution in [0, 0.1) is 26.0 Å². The van der Waals surface area contributed by atoms with Gasteiger partial charge in [0.25, 0.3) is 0 Å². The van der Waals surface area contributed by atoms with Gasteiger partial charge in [0.1, 0.15) is 0 Å². The average molecular weight is 350 g/mol. The van der Waals surface area contributed by atoms with Crippen molar-refractivity contribution in [2.24, 2.45) is 0 Å². The second kappa shape index (κ2) is 26.6. The third-order valence-electron chi connectivity index (χ3n) is 1.45. The molecule has 0 unspecified atom stereocenters. The van der Waals surface area contributed by atoms with Crippen LogP contribution < -0.4 is 0 Å². The summed E-state index contributed by atoms with van der Waals surface area (Å²) in [5, 5.41) is 0. The Hall–Kier alpha value is 0.0600. The van der Waals surface area contributed by atoms with Crippen LogP contribution in [-0.2, 0) is 23.3 Å². The van der Waals surface area contributed by atoms with Crippen LogP contribution in [0.4, 0.5) is 0 Å². The van der Waals surface area contributed by atoms with E-state index in [1.807, 2.05) is 26.0 Å². The molecule has 0 atom stereocenters. The maximum atomic E-state index is 3.49. The first kappa shape index (κ1) is 24.1. The van der Waals surface area contributed by atoms with Crippen LogP contribution in [-0.4, -0.2) is 6.88 Å². The molecule has 0 amide bonds. The molecule has 0 heterocycles. The van der Waals surface area contributed by atoms with Crippen LogP contribution in [0.5, 0.6) is 0 Å². The predicted octanol–water partition coefficient (Wildman–Crippen LogP) is 5.08. The summed E-state index contributed by atoms with van der Waals surface area (Å²) in [6, 6.07) is 0. The Labute approximate surface area is 138 Å². The van der Waals surface area contributed by atoms with Gasteiger partial charge in [-0.25, -0.2) is 23.8 Å². The molecule has 0 nitrogen and oxygen atoms in total. The molecule has 0 saturated carbocycles. The van der Waals surface area contributed by atoms with Gasteiger partial charge in [0, 0.05) is 0 Å². The second-order valence-corrected chi connectivity index (χ2v) is 3.47. The van der Waals surface area contributed by atoms with Crippen LogP contribution in [0.3, 0.4) is 0 Å². The summed E-state index contributed by atoms with van der Waals surface area (Å²) in [5.41, 5.74) is 1.27. The minimum atomic E-state index is 1.00. The van der Waals surface area contributed by atoms with E-state index in [4.69, 9.17) is 0 Å². The van der Waals surface area contributed by atoms with Gasteiger partial charge < -0.3 is 13.8 Å². The topological polar surface area (TPSA) is 0 Å². The van der Waals surface area contributed by atoms with Crippen molar-refractivity contribution < 1.29 is 23.3 Å². The summed E-state index contributed by atoms with van der Waals surface area (Å²) in [6.45, 7) is 16.1. The molecule has 0 aromatic rings. The van der Waals surface area contributed by atoms with Crippen molar-refractivity contribution in [3.8, 4) is 0 Å². The van der Waals surface area contributed by atoms with Crippen LogP contribution in [0.25, 0.3) is 0 Å². The Bertz CT molecular complexity index is 248. The first-order valence-corrected chi connectivity index (χ1v) is 10.7. The zero-order chi connectivity index (χ0) is 15.4. The van der Waals surface area contributed by atoms with E-state index in [-0.39, 0.29) is 0 Å². The fourth-order valence-corrected chi connectivity index (χ4v) is 0.855. The van der Waals surface area contributed by atoms with Gasteiger partial charge >= 0.3 is 30.2 Å². The summed E-state index contributed by atoms with van der Waals surface area (Å²) < 4.78 is 0. The third-order valence-corrected chi connectivity index (χ3v) is 1.45. The van der Waals surface area contributed by atoms with Crippen LogP contribution in [0.15, 0.2) is 36.0 Å². The SMILES string of the molecule is CC1=[C-]CC=C1.[C-]1=CC=CC1.[CH2-]CC.[CH2-]CC.[Si]=[Zr]. The Morgan fingerprint density at radius 2 is 1.68 bits per heavy atom. The fourth-order valence-electron chi connectivity index (χ4n) is 0.855. The predicted molar refractivity (Wildman–Crippen MR) is 84.8 cm³/mol. The summed E-state index contributed by atoms with van der Waals surface area (Å²) >= 11 is 1.36. The van der Waals surface area contributed by atoms with E-state index < -0.39 is 0 Å². The van der Waals surface area contributed by atoms with Gasteiger partial charge in [0.2, 0.25) is 0 Å². The second-order valence-electron chi connectivity index (χ2n) is 3.47. The molecule has 0 aliphatic heterocycles. The van der Waals surface area contributed by atoms with E-state index in [9.17, 15) is 0 Å². The van der Waals surface area contributed by atoms with Crippen LogP contribution >= 0.6 is 0 Å². The Kier molecular flexibility index (Phi) is 33.7. The quantitative estimate of drug-likeness (QED) is 0.422. The third kappa shape index (κ3) is 32.0. The molecule has 0 aromatic carbocycles. The summed E-state index contributed by atoms with van der Waals surface area (Å²) in [5.74, 6) is 0. The molecular formula is C17H26SiZr-4. The van der Waals surface area contributed by atoms with Gasteiger partial charge in [-0.05, 0) is 0 Å². The molecular weight excluding hydrogens is 323 g/mol. The van der Waals surface area contributed by atoms with E-state index in [0.29, 0.717) is 0 Å². The molecule has 0 aromatic heterocycles. The minimum absolute atomic E-state index is 1.00. The summed E-state index contributed by atoms with van der Waals surface area (Å²) in [6.07, 6.45) is 20.3. The van der Waals surface area contributed by atoms with Crippen molar-refractivity contribution in [3.05, 3.63) is 62.0 Å². The van der Waals surface area contributed by atoms with Gasteiger partial charge in [-0.2, -0.15) is 25.0 Å². The van der Waals surface area contributed by atoms with Crippen LogP contribution in [0.1, 0.15) is 46.5 Å². The number of hydrogen-bond acceptors (Lipinski definition) is 0. The number of rotatable bonds is 0. The molecule has 0 spiro atoms. The standard InChI is InChI=1S/C6H7.C5H5.2C3H7.Si.Zr/c1-6-4-2-3-5-6;1-2-4-5-3-1;2*1-3-2;;/h2,4H,3H2,1H3;1-3H,4H2;2*1,3H2,2H3;;/q4*-1;;. The first-order chi connectivity index (χ1) is 9.22. The molecule has 2 radical (unpaired) electrons. The molecule has 2 rings (SSSR count). The number of allylic oxidation sites excluding steroid dienone is 8. The zero-order valence-electron chi connectivity index (χ0n) is 12.6. The van der Waals surface area contributed by atoms with Crippen molar-refractivity contribution >= 4 is 6.88 Å². The molecule has 2 aliphatic rings. The Morgan fingerprint density at radius 3 is 1.79 bits per heavy atom. The number of hydrogen-bond donors (Lipinski definition) is 0. The maximum absolute atomic E-state index is 3.49. The van der Waals surface area contributed by atoms with Crippen molar-refractivity contribution in [2.45, 2.75) is 46.5 Å². The Morgan fingerprint density at radius 1 is 1.16 bits per heavy atom. The normalized spacial score (nSPS) is 12.5. The average Bonchev–Trinajstić information content (AvgIpc) is 3.09. The van der Waals surface area contributed by atoms with E-state index in [1.54, 1.807) is 0 Å². The fraction of sp³-hybridized carbons (Fsp3) is 0.412. The van der Waals surface area contributed by atoms with Gasteiger partial charge in [0.05, 0.1) is 0 Å². The first-order valence-electron chi connectivity index (χ1n) is 6.52. The molecule has 0 saturated heterocycles. The monoisotopic (exact) mass is 348 g/mol. The van der Waals surface area contributed by atoms with Crippen LogP contribution in [0.2, 0.25) is 0 Å². The van der Waals surface area contributed by atoms with E-state index >= 15 is 0 Å². The molecule has 19 heavy (non-hydrogen) atoms. The zero-order valence-corrected chi connectivity index (χ0v) is 16.1. The van der Waals surface area contributed by atoms with Crippen molar-refractivity contribution in [1.29, 1.82) is 0 Å². The van der Waals surface area contributed by atoms with Gasteiger partial charge in [-0.15, -0.1) is 12.8 Å². The molecule has 106 valence electrons. The summed E-state index contributed by atoms with van der Waals surface area (Å²) in [7, 11) is 0. The van der Waals surface area contributed by atoms with E-state index in [1.165, 1.54) is 28.9 Å². The van der Waals surface area contributed by atoms with Gasteiger partial charge in [-0.1, -0.05) is 20.8 Å². The molecule has 0 bridgehead atoms. The van der Waals surface area contributed by atoms with Gasteiger partial charge in [0.15, 0.2) is 0 Å². The molecule has 0 fully saturated rings. The molecule has 2 heteroatoms. The molecule has 2 aliphatic carbocycles. The van der Waals surface area contributed by atoms with E-state index in [0.717, 1.165) is 25.7 Å². The van der Waals surface area contributed by atoms with Gasteiger partial charge in [-0.3, -0.25) is 12.2 Å².